The third-order valence-corrected chi connectivity index (χ3v) is 8.99. The third-order valence-electron chi connectivity index (χ3n) is 8.99. The monoisotopic (exact) mass is 586 g/mol. The van der Waals surface area contributed by atoms with E-state index in [2.05, 4.69) is 192 Å². The van der Waals surface area contributed by atoms with Gasteiger partial charge in [0, 0.05) is 56.0 Å². The zero-order valence-corrected chi connectivity index (χ0v) is 25.1. The molecule has 1 radical (unpaired) electrons. The van der Waals surface area contributed by atoms with Crippen molar-refractivity contribution in [2.75, 3.05) is 9.80 Å². The van der Waals surface area contributed by atoms with Gasteiger partial charge in [0.25, 0.3) is 0 Å². The van der Waals surface area contributed by atoms with E-state index in [0.29, 0.717) is 0 Å². The summed E-state index contributed by atoms with van der Waals surface area (Å²) in [5.74, 6) is 0. The van der Waals surface area contributed by atoms with E-state index in [1.165, 1.54) is 38.5 Å². The van der Waals surface area contributed by atoms with Crippen LogP contribution < -0.4 is 20.7 Å². The number of hydrogen-bond donors (Lipinski definition) is 1. The smallest absolute Gasteiger partial charge is 0.197 e. The van der Waals surface area contributed by atoms with E-state index in [4.69, 9.17) is 0 Å². The first-order valence-electron chi connectivity index (χ1n) is 15.7. The molecular formula is C42H29BN3. The summed E-state index contributed by atoms with van der Waals surface area (Å²) in [6.07, 6.45) is 0. The molecule has 1 aliphatic rings. The van der Waals surface area contributed by atoms with Gasteiger partial charge in [-0.1, -0.05) is 115 Å². The van der Waals surface area contributed by atoms with Crippen LogP contribution in [0, 0.1) is 0 Å². The molecule has 0 saturated heterocycles. The predicted molar refractivity (Wildman–Crippen MR) is 196 cm³/mol. The van der Waals surface area contributed by atoms with Crippen LogP contribution in [0.5, 0.6) is 0 Å². The molecule has 0 unspecified atom stereocenters. The van der Waals surface area contributed by atoms with E-state index in [1.807, 2.05) is 0 Å². The van der Waals surface area contributed by atoms with Crippen LogP contribution in [0.15, 0.2) is 170 Å². The van der Waals surface area contributed by atoms with Crippen molar-refractivity contribution in [3.63, 3.8) is 0 Å². The molecule has 2 heterocycles. The fourth-order valence-electron chi connectivity index (χ4n) is 6.96. The number of para-hydroxylation sites is 6. The highest BCUT2D eigenvalue weighted by Gasteiger charge is 2.29. The van der Waals surface area contributed by atoms with Gasteiger partial charge in [-0.05, 0) is 71.7 Å². The first-order chi connectivity index (χ1) is 22.8. The minimum absolute atomic E-state index is 1.09. The van der Waals surface area contributed by atoms with Crippen molar-refractivity contribution in [2.45, 2.75) is 0 Å². The zero-order chi connectivity index (χ0) is 30.5. The number of hydrogen-bond acceptors (Lipinski definition) is 2. The normalized spacial score (nSPS) is 12.0. The maximum Gasteiger partial charge on any atom is 0.197 e. The van der Waals surface area contributed by atoms with Crippen molar-refractivity contribution >= 4 is 74.1 Å². The van der Waals surface area contributed by atoms with Gasteiger partial charge in [0.05, 0.1) is 5.52 Å². The number of benzene rings is 7. The highest BCUT2D eigenvalue weighted by Crippen LogP contribution is 2.44. The molecule has 46 heavy (non-hydrogen) atoms. The Balaban J connectivity index is 1.38. The quantitative estimate of drug-likeness (QED) is 0.203. The number of aromatic nitrogens is 1. The van der Waals surface area contributed by atoms with Crippen molar-refractivity contribution in [3.8, 4) is 11.1 Å². The van der Waals surface area contributed by atoms with Crippen LogP contribution in [0.2, 0.25) is 0 Å². The van der Waals surface area contributed by atoms with Crippen LogP contribution in [-0.2, 0) is 0 Å². The van der Waals surface area contributed by atoms with Crippen molar-refractivity contribution in [1.29, 1.82) is 0 Å². The molecule has 4 heteroatoms. The van der Waals surface area contributed by atoms with Crippen LogP contribution in [0.1, 0.15) is 0 Å². The first-order valence-corrected chi connectivity index (χ1v) is 15.7. The minimum Gasteiger partial charge on any atom is -0.354 e. The summed E-state index contributed by atoms with van der Waals surface area (Å²) in [4.78, 5) is 8.56. The standard InChI is InChI=1S/C42H29BN3/c1-4-15-29(16-5-1)45(30-17-6-2-7-18-30)32-27-36(35-23-14-22-34-33-21-10-12-25-38(33)44-42(34)35)41-40(28-32)46(31-19-8-3-9-20-31)39-26-13-11-24-37(39)43-41/h1-28,44H. The second-order valence-electron chi connectivity index (χ2n) is 11.7. The summed E-state index contributed by atoms with van der Waals surface area (Å²) in [6, 6.07) is 60.7. The summed E-state index contributed by atoms with van der Waals surface area (Å²) >= 11 is 0. The maximum atomic E-state index is 3.78. The number of anilines is 6. The fraction of sp³-hybridized carbons (Fsp3) is 0. The van der Waals surface area contributed by atoms with Crippen LogP contribution in [-0.4, -0.2) is 12.3 Å². The number of nitrogens with one attached hydrogen (secondary N) is 1. The highest BCUT2D eigenvalue weighted by atomic mass is 15.2. The van der Waals surface area contributed by atoms with Gasteiger partial charge in [-0.3, -0.25) is 0 Å². The van der Waals surface area contributed by atoms with Crippen LogP contribution in [0.25, 0.3) is 32.9 Å². The average Bonchev–Trinajstić information content (AvgIpc) is 3.51. The van der Waals surface area contributed by atoms with Gasteiger partial charge >= 0.3 is 0 Å². The molecule has 1 N–H and O–H groups in total. The molecule has 9 rings (SSSR count). The summed E-state index contributed by atoms with van der Waals surface area (Å²) in [7, 11) is 2.36. The van der Waals surface area contributed by atoms with Gasteiger partial charge in [0.15, 0.2) is 7.28 Å². The first kappa shape index (κ1) is 26.4. The van der Waals surface area contributed by atoms with E-state index in [1.54, 1.807) is 0 Å². The molecule has 8 aromatic rings. The highest BCUT2D eigenvalue weighted by molar-refractivity contribution is 6.73. The molecule has 0 atom stereocenters. The Morgan fingerprint density at radius 3 is 1.87 bits per heavy atom. The number of nitrogens with zero attached hydrogens (tertiary/aromatic N) is 2. The van der Waals surface area contributed by atoms with E-state index in [0.717, 1.165) is 39.5 Å². The lowest BCUT2D eigenvalue weighted by atomic mass is 9.58. The number of fused-ring (bicyclic) bond motifs is 5. The Hall–Kier alpha value is -6.00. The van der Waals surface area contributed by atoms with E-state index < -0.39 is 0 Å². The largest absolute Gasteiger partial charge is 0.354 e. The Bertz CT molecular complexity index is 2310. The van der Waals surface area contributed by atoms with Crippen molar-refractivity contribution in [2.24, 2.45) is 0 Å². The maximum absolute atomic E-state index is 3.78. The molecule has 3 nitrogen and oxygen atoms in total. The molecule has 1 aromatic heterocycles. The molecule has 7 aromatic carbocycles. The molecule has 0 aliphatic carbocycles. The molecule has 0 amide bonds. The predicted octanol–water partition coefficient (Wildman–Crippen LogP) is 9.90. The van der Waals surface area contributed by atoms with E-state index in [-0.39, 0.29) is 0 Å². The van der Waals surface area contributed by atoms with Crippen LogP contribution in [0.4, 0.5) is 34.1 Å². The summed E-state index contributed by atoms with van der Waals surface area (Å²) in [5, 5.41) is 2.46. The van der Waals surface area contributed by atoms with Gasteiger partial charge in [0.1, 0.15) is 0 Å². The zero-order valence-electron chi connectivity index (χ0n) is 25.1. The molecule has 0 bridgehead atoms. The lowest BCUT2D eigenvalue weighted by molar-refractivity contribution is 1.26. The Morgan fingerprint density at radius 1 is 0.478 bits per heavy atom. The van der Waals surface area contributed by atoms with Gasteiger partial charge < -0.3 is 14.8 Å². The Labute approximate surface area is 269 Å². The second-order valence-corrected chi connectivity index (χ2v) is 11.7. The van der Waals surface area contributed by atoms with E-state index >= 15 is 0 Å². The molecule has 215 valence electrons. The molecule has 1 aliphatic heterocycles. The molecule has 0 fully saturated rings. The number of aromatic amines is 1. The van der Waals surface area contributed by atoms with E-state index in [9.17, 15) is 0 Å². The summed E-state index contributed by atoms with van der Waals surface area (Å²) < 4.78 is 0. The number of rotatable bonds is 5. The third kappa shape index (κ3) is 4.30. The lowest BCUT2D eigenvalue weighted by Crippen LogP contribution is -2.41. The fourth-order valence-corrected chi connectivity index (χ4v) is 6.96. The second kappa shape index (κ2) is 10.9. The topological polar surface area (TPSA) is 22.3 Å². The van der Waals surface area contributed by atoms with Crippen molar-refractivity contribution in [1.82, 2.24) is 4.98 Å². The lowest BCUT2D eigenvalue weighted by Gasteiger charge is -2.36. The number of H-pyrrole nitrogens is 1. The Kier molecular flexibility index (Phi) is 6.24. The average molecular weight is 587 g/mol. The van der Waals surface area contributed by atoms with Crippen molar-refractivity contribution < 1.29 is 0 Å². The summed E-state index contributed by atoms with van der Waals surface area (Å²) in [6.45, 7) is 0. The molecule has 0 saturated carbocycles. The minimum atomic E-state index is 1.09. The van der Waals surface area contributed by atoms with Gasteiger partial charge in [-0.25, -0.2) is 0 Å². The Morgan fingerprint density at radius 2 is 1.11 bits per heavy atom. The van der Waals surface area contributed by atoms with Crippen LogP contribution in [0.3, 0.4) is 0 Å². The van der Waals surface area contributed by atoms with Gasteiger partial charge in [0.2, 0.25) is 0 Å². The molecular weight excluding hydrogens is 557 g/mol. The molecule has 0 spiro atoms. The van der Waals surface area contributed by atoms with Gasteiger partial charge in [-0.15, -0.1) is 0 Å². The summed E-state index contributed by atoms with van der Waals surface area (Å²) in [5.41, 5.74) is 13.8. The SMILES string of the molecule is [B]1c2ccccc2N(c2ccccc2)c2cc(N(c3ccccc3)c3ccccc3)cc(-c3cccc4c3[nH]c3ccccc34)c21. The van der Waals surface area contributed by atoms with Gasteiger partial charge in [-0.2, -0.15) is 0 Å². The van der Waals surface area contributed by atoms with Crippen LogP contribution >= 0.6 is 0 Å². The van der Waals surface area contributed by atoms with Crippen molar-refractivity contribution in [3.05, 3.63) is 170 Å².